The van der Waals surface area contributed by atoms with Gasteiger partial charge in [-0.3, -0.25) is 4.90 Å². The second-order valence-corrected chi connectivity index (χ2v) is 6.45. The minimum Gasteiger partial charge on any atom is -0.314 e. The molecule has 116 valence electrons. The van der Waals surface area contributed by atoms with E-state index in [1.165, 1.54) is 18.9 Å². The molecule has 2 aromatic rings. The minimum absolute atomic E-state index is 0. The summed E-state index contributed by atoms with van der Waals surface area (Å²) in [6, 6.07) is 5.43. The van der Waals surface area contributed by atoms with E-state index in [0.717, 1.165) is 41.4 Å². The van der Waals surface area contributed by atoms with Crippen LogP contribution in [0.2, 0.25) is 0 Å². The van der Waals surface area contributed by atoms with Gasteiger partial charge in [-0.1, -0.05) is 13.3 Å². The Balaban J connectivity index is 0.00000161. The summed E-state index contributed by atoms with van der Waals surface area (Å²) < 4.78 is 14.2. The molecule has 1 aromatic carbocycles. The molecule has 6 heteroatoms. The number of thiazole rings is 1. The number of hydrogen-bond acceptors (Lipinski definition) is 4. The summed E-state index contributed by atoms with van der Waals surface area (Å²) in [6.07, 6.45) is 2.42. The van der Waals surface area contributed by atoms with E-state index in [1.54, 1.807) is 23.5 Å². The largest absolute Gasteiger partial charge is 0.314 e. The molecule has 1 unspecified atom stereocenters. The Morgan fingerprint density at radius 3 is 3.14 bits per heavy atom. The molecule has 0 aliphatic carbocycles. The number of hydrogen-bond donors (Lipinski definition) is 1. The van der Waals surface area contributed by atoms with E-state index in [0.29, 0.717) is 6.04 Å². The molecule has 0 amide bonds. The first-order valence-electron chi connectivity index (χ1n) is 7.26. The van der Waals surface area contributed by atoms with Gasteiger partial charge in [-0.15, -0.1) is 23.7 Å². The molecule has 0 radical (unpaired) electrons. The Bertz CT molecular complexity index is 587. The molecular formula is C15H21ClFN3S. The molecule has 1 aliphatic rings. The number of piperazine rings is 1. The molecule has 1 saturated heterocycles. The van der Waals surface area contributed by atoms with E-state index in [4.69, 9.17) is 0 Å². The minimum atomic E-state index is -0.182. The van der Waals surface area contributed by atoms with Crippen molar-refractivity contribution < 1.29 is 4.39 Å². The molecule has 0 spiro atoms. The summed E-state index contributed by atoms with van der Waals surface area (Å²) in [7, 11) is 0. The van der Waals surface area contributed by atoms with Gasteiger partial charge in [0.25, 0.3) is 0 Å². The van der Waals surface area contributed by atoms with Gasteiger partial charge in [-0.2, -0.15) is 0 Å². The quantitative estimate of drug-likeness (QED) is 0.931. The molecule has 0 bridgehead atoms. The van der Waals surface area contributed by atoms with Crippen LogP contribution in [0.15, 0.2) is 18.2 Å². The third kappa shape index (κ3) is 3.92. The number of halogens is 2. The Morgan fingerprint density at radius 2 is 2.33 bits per heavy atom. The van der Waals surface area contributed by atoms with Crippen LogP contribution in [0.1, 0.15) is 24.8 Å². The lowest BCUT2D eigenvalue weighted by Crippen LogP contribution is -2.50. The third-order valence-electron chi connectivity index (χ3n) is 3.83. The van der Waals surface area contributed by atoms with Crippen LogP contribution in [0.3, 0.4) is 0 Å². The van der Waals surface area contributed by atoms with Crippen LogP contribution in [0.4, 0.5) is 4.39 Å². The lowest BCUT2D eigenvalue weighted by molar-refractivity contribution is 0.144. The van der Waals surface area contributed by atoms with Crippen LogP contribution in [-0.4, -0.2) is 35.6 Å². The zero-order chi connectivity index (χ0) is 13.9. The Hall–Kier alpha value is -0.750. The zero-order valence-corrected chi connectivity index (χ0v) is 13.8. The van der Waals surface area contributed by atoms with E-state index in [1.807, 2.05) is 0 Å². The van der Waals surface area contributed by atoms with Gasteiger partial charge in [0.15, 0.2) is 0 Å². The van der Waals surface area contributed by atoms with Crippen molar-refractivity contribution in [2.75, 3.05) is 19.6 Å². The second kappa shape index (κ2) is 7.49. The van der Waals surface area contributed by atoms with Gasteiger partial charge in [0.2, 0.25) is 0 Å². The predicted molar refractivity (Wildman–Crippen MR) is 88.8 cm³/mol. The third-order valence-corrected chi connectivity index (χ3v) is 4.83. The maximum atomic E-state index is 13.2. The molecule has 1 atom stereocenters. The number of benzene rings is 1. The van der Waals surface area contributed by atoms with Crippen molar-refractivity contribution >= 4 is 34.0 Å². The van der Waals surface area contributed by atoms with Gasteiger partial charge in [0.05, 0.1) is 16.8 Å². The lowest BCUT2D eigenvalue weighted by atomic mass is 10.1. The fraction of sp³-hybridized carbons (Fsp3) is 0.533. The smallest absolute Gasteiger partial charge is 0.124 e. The van der Waals surface area contributed by atoms with Crippen LogP contribution < -0.4 is 5.32 Å². The number of rotatable bonds is 4. The molecule has 1 aromatic heterocycles. The highest BCUT2D eigenvalue weighted by Gasteiger charge is 2.22. The molecule has 3 nitrogen and oxygen atoms in total. The van der Waals surface area contributed by atoms with Gasteiger partial charge in [-0.05, 0) is 24.6 Å². The zero-order valence-electron chi connectivity index (χ0n) is 12.1. The van der Waals surface area contributed by atoms with Crippen molar-refractivity contribution in [3.63, 3.8) is 0 Å². The standard InChI is InChI=1S/C15H20FN3S.ClH/c1-2-3-12-9-17-6-7-19(12)10-15-18-13-5-4-11(16)8-14(13)20-15;/h4-5,8,12,17H,2-3,6-7,9-10H2,1H3;1H. The van der Waals surface area contributed by atoms with E-state index in [-0.39, 0.29) is 18.2 Å². The van der Waals surface area contributed by atoms with Crippen LogP contribution in [-0.2, 0) is 6.54 Å². The summed E-state index contributed by atoms with van der Waals surface area (Å²) in [5, 5.41) is 4.55. The first kappa shape index (κ1) is 16.6. The van der Waals surface area contributed by atoms with Gasteiger partial charge in [0, 0.05) is 25.7 Å². The summed E-state index contributed by atoms with van der Waals surface area (Å²) in [5.74, 6) is -0.182. The molecule has 2 heterocycles. The van der Waals surface area contributed by atoms with E-state index >= 15 is 0 Å². The van der Waals surface area contributed by atoms with Crippen molar-refractivity contribution in [2.24, 2.45) is 0 Å². The highest BCUT2D eigenvalue weighted by molar-refractivity contribution is 7.18. The van der Waals surface area contributed by atoms with Crippen molar-refractivity contribution in [2.45, 2.75) is 32.4 Å². The fourth-order valence-corrected chi connectivity index (χ4v) is 3.83. The predicted octanol–water partition coefficient (Wildman–Crippen LogP) is 3.43. The second-order valence-electron chi connectivity index (χ2n) is 5.34. The molecule has 1 aliphatic heterocycles. The molecule has 1 fully saturated rings. The topological polar surface area (TPSA) is 28.2 Å². The molecule has 1 N–H and O–H groups in total. The molecular weight excluding hydrogens is 309 g/mol. The van der Waals surface area contributed by atoms with E-state index in [9.17, 15) is 4.39 Å². The van der Waals surface area contributed by atoms with Crippen molar-refractivity contribution in [1.82, 2.24) is 15.2 Å². The number of nitrogens with one attached hydrogen (secondary N) is 1. The number of fused-ring (bicyclic) bond motifs is 1. The molecule has 21 heavy (non-hydrogen) atoms. The van der Waals surface area contributed by atoms with Gasteiger partial charge in [-0.25, -0.2) is 9.37 Å². The van der Waals surface area contributed by atoms with Crippen LogP contribution in [0.25, 0.3) is 10.2 Å². The Morgan fingerprint density at radius 1 is 1.48 bits per heavy atom. The average Bonchev–Trinajstić information content (AvgIpc) is 2.82. The van der Waals surface area contributed by atoms with Crippen LogP contribution in [0, 0.1) is 5.82 Å². The first-order valence-corrected chi connectivity index (χ1v) is 8.07. The van der Waals surface area contributed by atoms with Crippen molar-refractivity contribution in [1.29, 1.82) is 0 Å². The average molecular weight is 330 g/mol. The van der Waals surface area contributed by atoms with E-state index < -0.39 is 0 Å². The SMILES string of the molecule is CCCC1CNCCN1Cc1nc2ccc(F)cc2s1.Cl. The molecule has 3 rings (SSSR count). The maximum Gasteiger partial charge on any atom is 0.124 e. The van der Waals surface area contributed by atoms with Crippen LogP contribution >= 0.6 is 23.7 Å². The summed E-state index contributed by atoms with van der Waals surface area (Å²) in [6.45, 7) is 6.28. The number of aromatic nitrogens is 1. The normalized spacial score (nSPS) is 19.6. The lowest BCUT2D eigenvalue weighted by Gasteiger charge is -2.35. The molecule has 0 saturated carbocycles. The van der Waals surface area contributed by atoms with Gasteiger partial charge < -0.3 is 5.32 Å². The van der Waals surface area contributed by atoms with Crippen molar-refractivity contribution in [3.8, 4) is 0 Å². The van der Waals surface area contributed by atoms with Crippen LogP contribution in [0.5, 0.6) is 0 Å². The summed E-state index contributed by atoms with van der Waals surface area (Å²) in [5.41, 5.74) is 0.911. The van der Waals surface area contributed by atoms with Gasteiger partial charge >= 0.3 is 0 Å². The summed E-state index contributed by atoms with van der Waals surface area (Å²) in [4.78, 5) is 7.14. The van der Waals surface area contributed by atoms with Crippen molar-refractivity contribution in [3.05, 3.63) is 29.0 Å². The fourth-order valence-electron chi connectivity index (χ4n) is 2.82. The first-order chi connectivity index (χ1) is 9.76. The summed E-state index contributed by atoms with van der Waals surface area (Å²) >= 11 is 1.61. The highest BCUT2D eigenvalue weighted by atomic mass is 35.5. The highest BCUT2D eigenvalue weighted by Crippen LogP contribution is 2.25. The number of nitrogens with zero attached hydrogens (tertiary/aromatic N) is 2. The Kier molecular flexibility index (Phi) is 5.93. The monoisotopic (exact) mass is 329 g/mol. The van der Waals surface area contributed by atoms with E-state index in [2.05, 4.69) is 22.1 Å². The maximum absolute atomic E-state index is 13.2. The van der Waals surface area contributed by atoms with Gasteiger partial charge in [0.1, 0.15) is 10.8 Å². The Labute approximate surface area is 135 Å².